The summed E-state index contributed by atoms with van der Waals surface area (Å²) in [4.78, 5) is 0. The van der Waals surface area contributed by atoms with E-state index in [2.05, 4.69) is 47.8 Å². The summed E-state index contributed by atoms with van der Waals surface area (Å²) in [5.74, 6) is 1.85. The first-order valence-electron chi connectivity index (χ1n) is 8.63. The Labute approximate surface area is 148 Å². The van der Waals surface area contributed by atoms with E-state index in [4.69, 9.17) is 9.47 Å². The number of hydrogen-bond acceptors (Lipinski definition) is 3. The van der Waals surface area contributed by atoms with Crippen molar-refractivity contribution >= 4 is 0 Å². The molecule has 3 aromatic carbocycles. The van der Waals surface area contributed by atoms with Crippen LogP contribution in [0.5, 0.6) is 11.5 Å². The Morgan fingerprint density at radius 2 is 1.80 bits per heavy atom. The lowest BCUT2D eigenvalue weighted by Gasteiger charge is -2.14. The molecule has 0 fully saturated rings. The second-order valence-electron chi connectivity index (χ2n) is 6.12. The van der Waals surface area contributed by atoms with E-state index in [0.29, 0.717) is 13.2 Å². The summed E-state index contributed by atoms with van der Waals surface area (Å²) in [7, 11) is 0. The summed E-state index contributed by atoms with van der Waals surface area (Å²) in [5, 5.41) is 3.38. The summed E-state index contributed by atoms with van der Waals surface area (Å²) in [6.45, 7) is 2.97. The van der Waals surface area contributed by atoms with Gasteiger partial charge in [0.05, 0.1) is 0 Å². The van der Waals surface area contributed by atoms with Crippen molar-refractivity contribution in [2.75, 3.05) is 13.2 Å². The Morgan fingerprint density at radius 1 is 0.920 bits per heavy atom. The maximum atomic E-state index is 6.00. The fourth-order valence-electron chi connectivity index (χ4n) is 3.06. The van der Waals surface area contributed by atoms with Crippen LogP contribution in [0.2, 0.25) is 0 Å². The fourth-order valence-corrected chi connectivity index (χ4v) is 3.06. The van der Waals surface area contributed by atoms with E-state index in [1.54, 1.807) is 0 Å². The average Bonchev–Trinajstić information content (AvgIpc) is 2.93. The number of para-hydroxylation sites is 1. The molecule has 4 rings (SSSR count). The van der Waals surface area contributed by atoms with E-state index in [0.717, 1.165) is 41.3 Å². The van der Waals surface area contributed by atoms with Gasteiger partial charge in [0, 0.05) is 24.2 Å². The molecule has 0 bridgehead atoms. The third-order valence-electron chi connectivity index (χ3n) is 4.33. The zero-order chi connectivity index (χ0) is 16.9. The van der Waals surface area contributed by atoms with Crippen molar-refractivity contribution in [2.45, 2.75) is 13.2 Å². The third-order valence-corrected chi connectivity index (χ3v) is 4.33. The molecule has 0 spiro atoms. The molecule has 0 unspecified atom stereocenters. The Morgan fingerprint density at radius 3 is 2.72 bits per heavy atom. The van der Waals surface area contributed by atoms with E-state index >= 15 is 0 Å². The molecule has 0 aliphatic carbocycles. The van der Waals surface area contributed by atoms with Gasteiger partial charge in [0.2, 0.25) is 0 Å². The van der Waals surface area contributed by atoms with E-state index < -0.39 is 0 Å². The number of ether oxygens (including phenoxy) is 2. The van der Waals surface area contributed by atoms with Crippen LogP contribution in [0.15, 0.2) is 72.8 Å². The van der Waals surface area contributed by atoms with Gasteiger partial charge < -0.3 is 14.8 Å². The number of fused-ring (bicyclic) bond motifs is 1. The summed E-state index contributed by atoms with van der Waals surface area (Å²) in [6, 6.07) is 24.7. The van der Waals surface area contributed by atoms with Crippen molar-refractivity contribution in [3.05, 3.63) is 83.9 Å². The molecule has 1 aliphatic rings. The average molecular weight is 331 g/mol. The Bertz CT molecular complexity index is 846. The van der Waals surface area contributed by atoms with Gasteiger partial charge in [-0.15, -0.1) is 0 Å². The minimum Gasteiger partial charge on any atom is -0.491 e. The van der Waals surface area contributed by atoms with Crippen molar-refractivity contribution < 1.29 is 9.47 Å². The van der Waals surface area contributed by atoms with Crippen LogP contribution >= 0.6 is 0 Å². The lowest BCUT2D eigenvalue weighted by molar-refractivity contribution is 0.306. The molecule has 3 heteroatoms. The van der Waals surface area contributed by atoms with Crippen molar-refractivity contribution in [1.29, 1.82) is 0 Å². The molecule has 1 N–H and O–H groups in total. The van der Waals surface area contributed by atoms with Crippen LogP contribution in [-0.4, -0.2) is 13.2 Å². The van der Waals surface area contributed by atoms with Gasteiger partial charge in [-0.05, 0) is 23.3 Å². The molecule has 1 aliphatic heterocycles. The third kappa shape index (κ3) is 3.67. The molecule has 0 saturated heterocycles. The van der Waals surface area contributed by atoms with Crippen molar-refractivity contribution in [1.82, 2.24) is 5.32 Å². The molecule has 0 amide bonds. The second-order valence-corrected chi connectivity index (χ2v) is 6.12. The smallest absolute Gasteiger partial charge is 0.131 e. The molecule has 0 atom stereocenters. The van der Waals surface area contributed by atoms with Crippen LogP contribution in [-0.2, 0) is 13.2 Å². The monoisotopic (exact) mass is 331 g/mol. The highest BCUT2D eigenvalue weighted by molar-refractivity contribution is 5.73. The van der Waals surface area contributed by atoms with Gasteiger partial charge in [-0.3, -0.25) is 0 Å². The Kier molecular flexibility index (Phi) is 4.66. The molecular weight excluding hydrogens is 310 g/mol. The minimum atomic E-state index is 0.567. The minimum absolute atomic E-state index is 0.567. The first-order valence-corrected chi connectivity index (χ1v) is 8.63. The molecule has 0 aromatic heterocycles. The van der Waals surface area contributed by atoms with Crippen LogP contribution in [0.3, 0.4) is 0 Å². The molecule has 0 radical (unpaired) electrons. The topological polar surface area (TPSA) is 30.5 Å². The van der Waals surface area contributed by atoms with Gasteiger partial charge in [0.25, 0.3) is 0 Å². The zero-order valence-electron chi connectivity index (χ0n) is 14.1. The maximum Gasteiger partial charge on any atom is 0.131 e. The van der Waals surface area contributed by atoms with E-state index in [1.165, 1.54) is 5.56 Å². The van der Waals surface area contributed by atoms with Gasteiger partial charge in [0.1, 0.15) is 24.7 Å². The highest BCUT2D eigenvalue weighted by Gasteiger charge is 2.14. The first kappa shape index (κ1) is 15.7. The van der Waals surface area contributed by atoms with Gasteiger partial charge >= 0.3 is 0 Å². The molecule has 3 nitrogen and oxygen atoms in total. The molecule has 25 heavy (non-hydrogen) atoms. The van der Waals surface area contributed by atoms with Crippen molar-refractivity contribution in [2.24, 2.45) is 0 Å². The van der Waals surface area contributed by atoms with Crippen LogP contribution in [0, 0.1) is 0 Å². The van der Waals surface area contributed by atoms with Crippen molar-refractivity contribution in [3.8, 4) is 22.6 Å². The standard InChI is InChI=1S/C22H21NO2/c1-2-6-17(7-3-1)16-25-20-10-4-8-18(14-20)21-11-5-9-19-15-23-12-13-24-22(19)21/h1-11,14,23H,12-13,15-16H2. The van der Waals surface area contributed by atoms with Crippen LogP contribution in [0.4, 0.5) is 0 Å². The quantitative estimate of drug-likeness (QED) is 0.768. The highest BCUT2D eigenvalue weighted by atomic mass is 16.5. The Balaban J connectivity index is 1.59. The lowest BCUT2D eigenvalue weighted by Crippen LogP contribution is -2.16. The van der Waals surface area contributed by atoms with E-state index in [1.807, 2.05) is 30.3 Å². The van der Waals surface area contributed by atoms with Crippen molar-refractivity contribution in [3.63, 3.8) is 0 Å². The number of hydrogen-bond donors (Lipinski definition) is 1. The lowest BCUT2D eigenvalue weighted by atomic mass is 10.0. The van der Waals surface area contributed by atoms with Gasteiger partial charge in [-0.25, -0.2) is 0 Å². The number of rotatable bonds is 4. The molecule has 1 heterocycles. The van der Waals surface area contributed by atoms with Crippen LogP contribution in [0.1, 0.15) is 11.1 Å². The number of nitrogens with one attached hydrogen (secondary N) is 1. The van der Waals surface area contributed by atoms with E-state index in [9.17, 15) is 0 Å². The fraction of sp³-hybridized carbons (Fsp3) is 0.182. The highest BCUT2D eigenvalue weighted by Crippen LogP contribution is 2.35. The number of benzene rings is 3. The summed E-state index contributed by atoms with van der Waals surface area (Å²) >= 11 is 0. The van der Waals surface area contributed by atoms with E-state index in [-0.39, 0.29) is 0 Å². The summed E-state index contributed by atoms with van der Waals surface area (Å²) < 4.78 is 12.0. The van der Waals surface area contributed by atoms with Gasteiger partial charge in [-0.2, -0.15) is 0 Å². The summed E-state index contributed by atoms with van der Waals surface area (Å²) in [5.41, 5.74) is 4.59. The van der Waals surface area contributed by atoms with Gasteiger partial charge in [0.15, 0.2) is 0 Å². The molecule has 3 aromatic rings. The largest absolute Gasteiger partial charge is 0.491 e. The SMILES string of the molecule is c1ccc(COc2cccc(-c3cccc4c3OCCNC4)c2)cc1. The first-order chi connectivity index (χ1) is 12.4. The predicted octanol–water partition coefficient (Wildman–Crippen LogP) is 4.41. The van der Waals surface area contributed by atoms with Crippen LogP contribution < -0.4 is 14.8 Å². The predicted molar refractivity (Wildman–Crippen MR) is 99.9 cm³/mol. The van der Waals surface area contributed by atoms with Crippen LogP contribution in [0.25, 0.3) is 11.1 Å². The second kappa shape index (κ2) is 7.41. The molecule has 0 saturated carbocycles. The Hall–Kier alpha value is -2.78. The molecular formula is C22H21NO2. The normalized spacial score (nSPS) is 13.4. The zero-order valence-corrected chi connectivity index (χ0v) is 14.1. The maximum absolute atomic E-state index is 6.00. The molecule has 126 valence electrons. The summed E-state index contributed by atoms with van der Waals surface area (Å²) in [6.07, 6.45) is 0. The van der Waals surface area contributed by atoms with Gasteiger partial charge in [-0.1, -0.05) is 60.7 Å².